The maximum Gasteiger partial charge on any atom is 0.244 e. The Morgan fingerprint density at radius 3 is 2.09 bits per heavy atom. The summed E-state index contributed by atoms with van der Waals surface area (Å²) in [5.41, 5.74) is 3.10. The Morgan fingerprint density at radius 1 is 0.971 bits per heavy atom. The topological polar surface area (TPSA) is 86.8 Å². The number of rotatable bonds is 11. The first-order chi connectivity index (χ1) is 16.0. The minimum atomic E-state index is -3.74. The second kappa shape index (κ2) is 12.0. The number of aryl methyl sites for hydroxylation is 2. The number of nitrogens with one attached hydrogen (secondary N) is 1. The summed E-state index contributed by atoms with van der Waals surface area (Å²) in [5, 5.41) is 2.93. The molecule has 2 aromatic carbocycles. The SMILES string of the molecule is CC[C@H](C(=O)NCC(C)C)N(Cc1ccccc1C)C(=O)CN(c1ccccc1C)S(C)(=O)=O. The zero-order chi connectivity index (χ0) is 25.5. The van der Waals surface area contributed by atoms with Crippen molar-refractivity contribution in [3.8, 4) is 0 Å². The minimum absolute atomic E-state index is 0.213. The Balaban J connectivity index is 2.45. The highest BCUT2D eigenvalue weighted by atomic mass is 32.2. The summed E-state index contributed by atoms with van der Waals surface area (Å²) in [6, 6.07) is 14.0. The molecule has 0 saturated carbocycles. The summed E-state index contributed by atoms with van der Waals surface area (Å²) in [6.45, 7) is 9.94. The van der Waals surface area contributed by atoms with Crippen LogP contribution >= 0.6 is 0 Å². The van der Waals surface area contributed by atoms with Gasteiger partial charge in [0, 0.05) is 13.1 Å². The fourth-order valence-corrected chi connectivity index (χ4v) is 4.66. The maximum atomic E-state index is 13.7. The molecule has 1 N–H and O–H groups in total. The first-order valence-corrected chi connectivity index (χ1v) is 13.5. The zero-order valence-electron chi connectivity index (χ0n) is 21.0. The van der Waals surface area contributed by atoms with Gasteiger partial charge in [0.15, 0.2) is 0 Å². The van der Waals surface area contributed by atoms with Gasteiger partial charge in [0.2, 0.25) is 21.8 Å². The summed E-state index contributed by atoms with van der Waals surface area (Å²) in [4.78, 5) is 28.3. The fraction of sp³-hybridized carbons (Fsp3) is 0.462. The van der Waals surface area contributed by atoms with E-state index in [1.165, 1.54) is 4.90 Å². The molecule has 7 nitrogen and oxygen atoms in total. The Labute approximate surface area is 204 Å². The standard InChI is InChI=1S/C26H37N3O4S/c1-7-23(26(31)27-16-19(2)3)28(17-22-14-10-8-12-20(22)4)25(30)18-29(34(6,32)33)24-15-11-9-13-21(24)5/h8-15,19,23H,7,16-18H2,1-6H3,(H,27,31)/t23-/m1/s1. The largest absolute Gasteiger partial charge is 0.354 e. The Kier molecular flexibility index (Phi) is 9.67. The van der Waals surface area contributed by atoms with Gasteiger partial charge in [0.25, 0.3) is 0 Å². The molecule has 0 aliphatic rings. The van der Waals surface area contributed by atoms with Crippen LogP contribution in [0.1, 0.15) is 43.9 Å². The second-order valence-electron chi connectivity index (χ2n) is 9.07. The summed E-state index contributed by atoms with van der Waals surface area (Å²) < 4.78 is 26.5. The van der Waals surface area contributed by atoms with Gasteiger partial charge in [0.05, 0.1) is 11.9 Å². The number of nitrogens with zero attached hydrogens (tertiary/aromatic N) is 2. The van der Waals surface area contributed by atoms with Crippen LogP contribution in [-0.2, 0) is 26.2 Å². The first-order valence-electron chi connectivity index (χ1n) is 11.6. The second-order valence-corrected chi connectivity index (χ2v) is 11.0. The average molecular weight is 488 g/mol. The minimum Gasteiger partial charge on any atom is -0.354 e. The number of carbonyl (C=O) groups is 2. The van der Waals surface area contributed by atoms with Crippen molar-refractivity contribution in [1.29, 1.82) is 0 Å². The van der Waals surface area contributed by atoms with Crippen LogP contribution in [0.5, 0.6) is 0 Å². The predicted octanol–water partition coefficient (Wildman–Crippen LogP) is 3.65. The summed E-state index contributed by atoms with van der Waals surface area (Å²) >= 11 is 0. The number of anilines is 1. The molecule has 0 aliphatic carbocycles. The van der Waals surface area contributed by atoms with E-state index in [4.69, 9.17) is 0 Å². The molecule has 186 valence electrons. The molecular weight excluding hydrogens is 450 g/mol. The molecule has 1 atom stereocenters. The molecule has 8 heteroatoms. The van der Waals surface area contributed by atoms with Gasteiger partial charge in [0.1, 0.15) is 12.6 Å². The number of sulfonamides is 1. The van der Waals surface area contributed by atoms with Crippen molar-refractivity contribution in [1.82, 2.24) is 10.2 Å². The lowest BCUT2D eigenvalue weighted by Gasteiger charge is -2.33. The van der Waals surface area contributed by atoms with E-state index in [9.17, 15) is 18.0 Å². The smallest absolute Gasteiger partial charge is 0.244 e. The highest BCUT2D eigenvalue weighted by Crippen LogP contribution is 2.23. The van der Waals surface area contributed by atoms with Crippen LogP contribution in [0.3, 0.4) is 0 Å². The van der Waals surface area contributed by atoms with E-state index in [-0.39, 0.29) is 24.9 Å². The van der Waals surface area contributed by atoms with Crippen LogP contribution in [0.2, 0.25) is 0 Å². The molecule has 0 unspecified atom stereocenters. The van der Waals surface area contributed by atoms with E-state index in [2.05, 4.69) is 5.32 Å². The monoisotopic (exact) mass is 487 g/mol. The van der Waals surface area contributed by atoms with Crippen molar-refractivity contribution >= 4 is 27.5 Å². The van der Waals surface area contributed by atoms with Crippen LogP contribution < -0.4 is 9.62 Å². The van der Waals surface area contributed by atoms with E-state index < -0.39 is 22.0 Å². The van der Waals surface area contributed by atoms with Gasteiger partial charge in [-0.25, -0.2) is 8.42 Å². The summed E-state index contributed by atoms with van der Waals surface area (Å²) in [6.07, 6.45) is 1.50. The molecule has 0 bridgehead atoms. The summed E-state index contributed by atoms with van der Waals surface area (Å²) in [7, 11) is -3.74. The van der Waals surface area contributed by atoms with Crippen molar-refractivity contribution in [2.75, 3.05) is 23.7 Å². The number of hydrogen-bond acceptors (Lipinski definition) is 4. The number of amides is 2. The highest BCUT2D eigenvalue weighted by molar-refractivity contribution is 7.92. The van der Waals surface area contributed by atoms with E-state index >= 15 is 0 Å². The van der Waals surface area contributed by atoms with Crippen LogP contribution in [0.25, 0.3) is 0 Å². The van der Waals surface area contributed by atoms with Crippen molar-refractivity contribution < 1.29 is 18.0 Å². The predicted molar refractivity (Wildman–Crippen MR) is 137 cm³/mol. The van der Waals surface area contributed by atoms with E-state index in [1.807, 2.05) is 58.0 Å². The van der Waals surface area contributed by atoms with Crippen LogP contribution in [0.4, 0.5) is 5.69 Å². The number of carbonyl (C=O) groups excluding carboxylic acids is 2. The fourth-order valence-electron chi connectivity index (χ4n) is 3.75. The number of hydrogen-bond donors (Lipinski definition) is 1. The maximum absolute atomic E-state index is 13.7. The first kappa shape index (κ1) is 27.4. The molecule has 34 heavy (non-hydrogen) atoms. The van der Waals surface area contributed by atoms with Gasteiger partial charge < -0.3 is 10.2 Å². The van der Waals surface area contributed by atoms with Gasteiger partial charge >= 0.3 is 0 Å². The zero-order valence-corrected chi connectivity index (χ0v) is 21.9. The molecule has 0 aliphatic heterocycles. The third-order valence-corrected chi connectivity index (χ3v) is 6.86. The lowest BCUT2D eigenvalue weighted by Crippen LogP contribution is -2.52. The van der Waals surface area contributed by atoms with Crippen molar-refractivity contribution in [2.24, 2.45) is 5.92 Å². The third-order valence-electron chi connectivity index (χ3n) is 5.74. The number of para-hydroxylation sites is 1. The molecule has 2 amide bonds. The van der Waals surface area contributed by atoms with E-state index in [1.54, 1.807) is 25.1 Å². The van der Waals surface area contributed by atoms with Gasteiger partial charge in [-0.05, 0) is 48.9 Å². The van der Waals surface area contributed by atoms with Crippen LogP contribution in [-0.4, -0.2) is 50.5 Å². The summed E-state index contributed by atoms with van der Waals surface area (Å²) in [5.74, 6) is -0.396. The van der Waals surface area contributed by atoms with Gasteiger partial charge in [-0.1, -0.05) is 63.2 Å². The molecule has 0 fully saturated rings. The quantitative estimate of drug-likeness (QED) is 0.524. The van der Waals surface area contributed by atoms with Crippen molar-refractivity contribution in [3.05, 3.63) is 65.2 Å². The van der Waals surface area contributed by atoms with Crippen molar-refractivity contribution in [3.63, 3.8) is 0 Å². The van der Waals surface area contributed by atoms with Crippen LogP contribution in [0.15, 0.2) is 48.5 Å². The molecule has 0 radical (unpaired) electrons. The average Bonchev–Trinajstić information content (AvgIpc) is 2.76. The van der Waals surface area contributed by atoms with Gasteiger partial charge in [-0.3, -0.25) is 13.9 Å². The normalized spacial score (nSPS) is 12.3. The van der Waals surface area contributed by atoms with Gasteiger partial charge in [-0.2, -0.15) is 0 Å². The molecule has 0 aromatic heterocycles. The van der Waals surface area contributed by atoms with Gasteiger partial charge in [-0.15, -0.1) is 0 Å². The lowest BCUT2D eigenvalue weighted by atomic mass is 10.1. The Morgan fingerprint density at radius 2 is 1.56 bits per heavy atom. The Bertz CT molecular complexity index is 1100. The molecule has 0 saturated heterocycles. The highest BCUT2D eigenvalue weighted by Gasteiger charge is 2.32. The molecule has 0 heterocycles. The molecular formula is C26H37N3O4S. The molecule has 0 spiro atoms. The lowest BCUT2D eigenvalue weighted by molar-refractivity contribution is -0.140. The van der Waals surface area contributed by atoms with Crippen molar-refractivity contribution in [2.45, 2.75) is 53.6 Å². The Hall–Kier alpha value is -2.87. The van der Waals surface area contributed by atoms with E-state index in [0.29, 0.717) is 18.7 Å². The third kappa shape index (κ3) is 7.32. The molecule has 2 aromatic rings. The number of benzene rings is 2. The van der Waals surface area contributed by atoms with Crippen LogP contribution in [0, 0.1) is 19.8 Å². The molecule has 2 rings (SSSR count). The van der Waals surface area contributed by atoms with E-state index in [0.717, 1.165) is 27.3 Å².